The lowest BCUT2D eigenvalue weighted by Crippen LogP contribution is -2.32. The third-order valence-electron chi connectivity index (χ3n) is 5.36. The Balaban J connectivity index is 0.000000301. The molecule has 0 saturated carbocycles. The number of hydrogen-bond acceptors (Lipinski definition) is 8. The first-order valence-corrected chi connectivity index (χ1v) is 11.8. The van der Waals surface area contributed by atoms with Crippen molar-refractivity contribution >= 4 is 23.3 Å². The molecule has 4 rings (SSSR count). The van der Waals surface area contributed by atoms with Gasteiger partial charge in [-0.1, -0.05) is 6.07 Å². The lowest BCUT2D eigenvalue weighted by molar-refractivity contribution is -0.193. The SMILES string of the molecule is Cc1cccc(CN2C[C@H](OCc3csc(C)n3)[C@H]3COC[C@H]32)n1.O=C(O)C(F)(F)F.O=C(O)C(F)(F)F. The van der Waals surface area contributed by atoms with Crippen LogP contribution >= 0.6 is 11.3 Å². The first kappa shape index (κ1) is 31.4. The number of nitrogens with zero attached hydrogens (tertiary/aromatic N) is 3. The van der Waals surface area contributed by atoms with Crippen LogP contribution in [0.5, 0.6) is 0 Å². The van der Waals surface area contributed by atoms with E-state index < -0.39 is 24.3 Å². The monoisotopic (exact) mass is 573 g/mol. The van der Waals surface area contributed by atoms with Crippen LogP contribution in [-0.4, -0.2) is 81.3 Å². The van der Waals surface area contributed by atoms with Gasteiger partial charge in [0.15, 0.2) is 0 Å². The van der Waals surface area contributed by atoms with Crippen molar-refractivity contribution in [2.45, 2.75) is 51.5 Å². The number of aliphatic carboxylic acids is 2. The number of aryl methyl sites for hydroxylation is 2. The smallest absolute Gasteiger partial charge is 0.475 e. The molecule has 2 aromatic rings. The van der Waals surface area contributed by atoms with Crippen molar-refractivity contribution in [2.24, 2.45) is 5.92 Å². The standard InChI is InChI=1S/C18H23N3O2S.2C2HF3O2/c1-12-4-3-5-14(19-12)6-21-7-18(16-9-22-10-17(16)21)23-8-15-11-24-13(2)20-15;2*3-2(4,5)1(6)7/h3-5,11,16-18H,6-10H2,1-2H3;2*(H,6,7)/t16-,17+,18-;;/m0../s1. The number of carbonyl (C=O) groups is 2. The Morgan fingerprint density at radius 2 is 1.66 bits per heavy atom. The molecule has 2 fully saturated rings. The number of rotatable bonds is 5. The van der Waals surface area contributed by atoms with Crippen LogP contribution in [0.3, 0.4) is 0 Å². The van der Waals surface area contributed by atoms with E-state index in [2.05, 4.69) is 32.4 Å². The molecule has 3 atom stereocenters. The van der Waals surface area contributed by atoms with Crippen molar-refractivity contribution < 1.29 is 55.6 Å². The minimum absolute atomic E-state index is 0.212. The Hall–Kier alpha value is -2.82. The fraction of sp³-hybridized carbons (Fsp3) is 0.545. The number of ether oxygens (including phenoxy) is 2. The van der Waals surface area contributed by atoms with E-state index in [1.807, 2.05) is 19.9 Å². The highest BCUT2D eigenvalue weighted by atomic mass is 32.1. The second kappa shape index (κ2) is 13.3. The van der Waals surface area contributed by atoms with E-state index in [1.54, 1.807) is 11.3 Å². The summed E-state index contributed by atoms with van der Waals surface area (Å²) in [5, 5.41) is 17.4. The predicted molar refractivity (Wildman–Crippen MR) is 120 cm³/mol. The van der Waals surface area contributed by atoms with Crippen molar-refractivity contribution in [1.82, 2.24) is 14.9 Å². The van der Waals surface area contributed by atoms with Crippen LogP contribution in [0.15, 0.2) is 23.6 Å². The molecule has 0 aliphatic carbocycles. The van der Waals surface area contributed by atoms with Crippen LogP contribution in [0.4, 0.5) is 26.3 Å². The number of thiazole rings is 1. The van der Waals surface area contributed by atoms with Crippen molar-refractivity contribution in [3.8, 4) is 0 Å². The largest absolute Gasteiger partial charge is 0.490 e. The summed E-state index contributed by atoms with van der Waals surface area (Å²) >= 11 is 1.68. The normalized spacial score (nSPS) is 21.1. The molecule has 0 bridgehead atoms. The molecule has 0 radical (unpaired) electrons. The highest BCUT2D eigenvalue weighted by Crippen LogP contribution is 2.33. The lowest BCUT2D eigenvalue weighted by Gasteiger charge is -2.21. The summed E-state index contributed by atoms with van der Waals surface area (Å²) in [6, 6.07) is 6.66. The number of carboxylic acids is 2. The van der Waals surface area contributed by atoms with Gasteiger partial charge < -0.3 is 19.7 Å². The van der Waals surface area contributed by atoms with Gasteiger partial charge in [0.25, 0.3) is 0 Å². The Kier molecular flexibility index (Phi) is 11.0. The predicted octanol–water partition coefficient (Wildman–Crippen LogP) is 3.84. The van der Waals surface area contributed by atoms with Gasteiger partial charge >= 0.3 is 24.3 Å². The molecule has 2 N–H and O–H groups in total. The fourth-order valence-corrected chi connectivity index (χ4v) is 4.31. The number of carboxylic acid groups (broad SMARTS) is 2. The zero-order valence-corrected chi connectivity index (χ0v) is 20.9. The number of hydrogen-bond donors (Lipinski definition) is 2. The number of aromatic nitrogens is 2. The van der Waals surface area contributed by atoms with Crippen LogP contribution in [0.1, 0.15) is 22.1 Å². The number of pyridine rings is 1. The molecule has 0 aromatic carbocycles. The van der Waals surface area contributed by atoms with Gasteiger partial charge in [0, 0.05) is 36.1 Å². The number of alkyl halides is 6. The van der Waals surface area contributed by atoms with Gasteiger partial charge in [-0.25, -0.2) is 14.6 Å². The minimum Gasteiger partial charge on any atom is -0.475 e. The van der Waals surface area contributed by atoms with E-state index in [-0.39, 0.29) is 6.10 Å². The van der Waals surface area contributed by atoms with Gasteiger partial charge in [-0.15, -0.1) is 11.3 Å². The van der Waals surface area contributed by atoms with Crippen molar-refractivity contribution in [1.29, 1.82) is 0 Å². The zero-order valence-electron chi connectivity index (χ0n) is 20.1. The zero-order chi connectivity index (χ0) is 28.7. The van der Waals surface area contributed by atoms with Gasteiger partial charge in [-0.3, -0.25) is 9.88 Å². The third kappa shape index (κ3) is 9.81. The van der Waals surface area contributed by atoms with E-state index in [0.29, 0.717) is 18.6 Å². The summed E-state index contributed by atoms with van der Waals surface area (Å²) in [5.74, 6) is -5.06. The lowest BCUT2D eigenvalue weighted by atomic mass is 10.0. The van der Waals surface area contributed by atoms with Gasteiger partial charge in [-0.2, -0.15) is 26.3 Å². The number of fused-ring (bicyclic) bond motifs is 1. The molecule has 212 valence electrons. The summed E-state index contributed by atoms with van der Waals surface area (Å²) < 4.78 is 75.4. The van der Waals surface area contributed by atoms with Crippen molar-refractivity contribution in [2.75, 3.05) is 19.8 Å². The third-order valence-corrected chi connectivity index (χ3v) is 6.18. The van der Waals surface area contributed by atoms with Crippen LogP contribution in [0.2, 0.25) is 0 Å². The van der Waals surface area contributed by atoms with E-state index in [1.165, 1.54) is 0 Å². The molecule has 0 spiro atoms. The second-order valence-electron chi connectivity index (χ2n) is 8.28. The van der Waals surface area contributed by atoms with Gasteiger partial charge in [-0.05, 0) is 26.0 Å². The summed E-state index contributed by atoms with van der Waals surface area (Å²) in [6.07, 6.45) is -9.95. The average molecular weight is 574 g/mol. The molecule has 2 saturated heterocycles. The highest BCUT2D eigenvalue weighted by Gasteiger charge is 2.46. The maximum Gasteiger partial charge on any atom is 0.490 e. The fourth-order valence-electron chi connectivity index (χ4n) is 3.71. The second-order valence-corrected chi connectivity index (χ2v) is 9.34. The first-order chi connectivity index (χ1) is 17.6. The number of halogens is 6. The molecule has 16 heteroatoms. The van der Waals surface area contributed by atoms with Crippen LogP contribution in [0.25, 0.3) is 0 Å². The molecular formula is C22H25F6N3O6S. The molecule has 2 aromatic heterocycles. The number of likely N-dealkylation sites (tertiary alicyclic amines) is 1. The van der Waals surface area contributed by atoms with Crippen LogP contribution in [-0.2, 0) is 32.2 Å². The first-order valence-electron chi connectivity index (χ1n) is 10.9. The van der Waals surface area contributed by atoms with E-state index in [0.717, 1.165) is 48.4 Å². The van der Waals surface area contributed by atoms with E-state index >= 15 is 0 Å². The van der Waals surface area contributed by atoms with Gasteiger partial charge in [0.2, 0.25) is 0 Å². The summed E-state index contributed by atoms with van der Waals surface area (Å²) in [7, 11) is 0. The van der Waals surface area contributed by atoms with E-state index in [9.17, 15) is 26.3 Å². The quantitative estimate of drug-likeness (QED) is 0.514. The Morgan fingerprint density at radius 1 is 1.05 bits per heavy atom. The molecule has 2 aliphatic rings. The molecule has 4 heterocycles. The van der Waals surface area contributed by atoms with Crippen molar-refractivity contribution in [3.63, 3.8) is 0 Å². The highest BCUT2D eigenvalue weighted by molar-refractivity contribution is 7.09. The van der Waals surface area contributed by atoms with Crippen LogP contribution in [0, 0.1) is 19.8 Å². The molecule has 2 aliphatic heterocycles. The van der Waals surface area contributed by atoms with Crippen molar-refractivity contribution in [3.05, 3.63) is 45.7 Å². The molecule has 38 heavy (non-hydrogen) atoms. The van der Waals surface area contributed by atoms with Gasteiger partial charge in [0.05, 0.1) is 42.3 Å². The molecular weight excluding hydrogens is 548 g/mol. The summed E-state index contributed by atoms with van der Waals surface area (Å²) in [4.78, 5) is 29.4. The average Bonchev–Trinajstić information content (AvgIpc) is 3.50. The Morgan fingerprint density at radius 3 is 2.16 bits per heavy atom. The summed E-state index contributed by atoms with van der Waals surface area (Å²) in [5.41, 5.74) is 3.22. The Labute approximate surface area is 217 Å². The van der Waals surface area contributed by atoms with E-state index in [4.69, 9.17) is 29.3 Å². The minimum atomic E-state index is -5.08. The molecule has 0 amide bonds. The molecule has 9 nitrogen and oxygen atoms in total. The maximum atomic E-state index is 10.6. The topological polar surface area (TPSA) is 122 Å². The van der Waals surface area contributed by atoms with Gasteiger partial charge in [0.1, 0.15) is 0 Å². The Bertz CT molecular complexity index is 1060. The maximum absolute atomic E-state index is 10.6. The summed E-state index contributed by atoms with van der Waals surface area (Å²) in [6.45, 7) is 8.06. The van der Waals surface area contributed by atoms with Crippen LogP contribution < -0.4 is 0 Å². The molecule has 0 unspecified atom stereocenters.